The lowest BCUT2D eigenvalue weighted by Crippen LogP contribution is -2.54. The number of hydrogen-bond acceptors (Lipinski definition) is 1. The summed E-state index contributed by atoms with van der Waals surface area (Å²) in [6, 6.07) is 7.82. The predicted octanol–water partition coefficient (Wildman–Crippen LogP) is 2.57. The third-order valence-corrected chi connectivity index (χ3v) is 3.94. The number of carbonyl (C=O) groups excluding carboxylic acids is 1. The average molecular weight is 204 g/mol. The normalized spacial score (nSPS) is 33.7. The molecule has 2 aliphatic rings. The van der Waals surface area contributed by atoms with Crippen molar-refractivity contribution in [2.75, 3.05) is 0 Å². The number of Topliss-reactive ketones (excluding diaryl/α,β-unsaturated/α-hetero) is 1. The summed E-state index contributed by atoms with van der Waals surface area (Å²) in [6.45, 7) is 0. The summed E-state index contributed by atoms with van der Waals surface area (Å²) in [5.41, 5.74) is 1.37. The lowest BCUT2D eigenvalue weighted by atomic mass is 9.56. The van der Waals surface area contributed by atoms with Gasteiger partial charge in [-0.15, -0.1) is 0 Å². The zero-order chi connectivity index (χ0) is 10.5. The topological polar surface area (TPSA) is 17.1 Å². The molecule has 78 valence electrons. The zero-order valence-electron chi connectivity index (χ0n) is 8.50. The Kier molecular flexibility index (Phi) is 1.76. The monoisotopic (exact) mass is 204 g/mol. The molecule has 0 aromatic heterocycles. The van der Waals surface area contributed by atoms with E-state index in [-0.39, 0.29) is 5.78 Å². The van der Waals surface area contributed by atoms with Gasteiger partial charge in [-0.25, -0.2) is 4.39 Å². The van der Waals surface area contributed by atoms with Crippen molar-refractivity contribution in [2.45, 2.75) is 37.3 Å². The molecule has 0 amide bonds. The number of halogens is 1. The maximum atomic E-state index is 14.0. The van der Waals surface area contributed by atoms with E-state index in [1.807, 2.05) is 24.3 Å². The van der Waals surface area contributed by atoms with Gasteiger partial charge in [-0.2, -0.15) is 0 Å². The number of aryl methyl sites for hydroxylation is 1. The molecule has 2 heteroatoms. The van der Waals surface area contributed by atoms with Crippen molar-refractivity contribution in [1.29, 1.82) is 0 Å². The molecule has 0 unspecified atom stereocenters. The first-order valence-corrected chi connectivity index (χ1v) is 5.51. The molecule has 2 aliphatic carbocycles. The third kappa shape index (κ3) is 0.996. The predicted molar refractivity (Wildman–Crippen MR) is 55.6 cm³/mol. The summed E-state index contributed by atoms with van der Waals surface area (Å²) in [5.74, 6) is 0.0992. The molecule has 15 heavy (non-hydrogen) atoms. The summed E-state index contributed by atoms with van der Waals surface area (Å²) in [7, 11) is 0. The summed E-state index contributed by atoms with van der Waals surface area (Å²) in [5, 5.41) is 0. The molecule has 1 fully saturated rings. The molecule has 0 aliphatic heterocycles. The molecule has 2 atom stereocenters. The Hall–Kier alpha value is -1.18. The van der Waals surface area contributed by atoms with Crippen LogP contribution in [0.1, 0.15) is 30.4 Å². The lowest BCUT2D eigenvalue weighted by molar-refractivity contribution is -0.136. The van der Waals surface area contributed by atoms with E-state index in [2.05, 4.69) is 0 Å². The van der Waals surface area contributed by atoms with Crippen molar-refractivity contribution >= 4 is 5.78 Å². The Morgan fingerprint density at radius 2 is 2.07 bits per heavy atom. The molecule has 1 saturated carbocycles. The molecule has 3 rings (SSSR count). The van der Waals surface area contributed by atoms with Crippen LogP contribution in [0.3, 0.4) is 0 Å². The molecule has 0 heterocycles. The van der Waals surface area contributed by atoms with Crippen LogP contribution in [-0.2, 0) is 16.6 Å². The fourth-order valence-corrected chi connectivity index (χ4v) is 2.98. The van der Waals surface area contributed by atoms with Gasteiger partial charge in [0.25, 0.3) is 0 Å². The minimum absolute atomic E-state index is 0.0992. The first kappa shape index (κ1) is 9.08. The minimum atomic E-state index is -0.964. The Morgan fingerprint density at radius 3 is 2.73 bits per heavy atom. The molecular formula is C13H13FO. The van der Waals surface area contributed by atoms with Gasteiger partial charge in [0.15, 0.2) is 0 Å². The zero-order valence-corrected chi connectivity index (χ0v) is 8.50. The highest BCUT2D eigenvalue weighted by molar-refractivity contribution is 5.97. The summed E-state index contributed by atoms with van der Waals surface area (Å²) < 4.78 is 14.0. The van der Waals surface area contributed by atoms with Crippen molar-refractivity contribution < 1.29 is 9.18 Å². The van der Waals surface area contributed by atoms with Gasteiger partial charge in [0.1, 0.15) is 12.0 Å². The highest BCUT2D eigenvalue weighted by Crippen LogP contribution is 2.49. The molecule has 0 saturated heterocycles. The molecule has 0 bridgehead atoms. The van der Waals surface area contributed by atoms with E-state index in [9.17, 15) is 9.18 Å². The van der Waals surface area contributed by atoms with Crippen LogP contribution >= 0.6 is 0 Å². The van der Waals surface area contributed by atoms with Crippen molar-refractivity contribution in [1.82, 2.24) is 0 Å². The second-order valence-corrected chi connectivity index (χ2v) is 4.56. The van der Waals surface area contributed by atoms with Crippen LogP contribution in [0, 0.1) is 0 Å². The standard InChI is InChI=1S/C13H13FO/c14-11-6-5-9-3-1-2-4-10(9)13(11)8-7-12(13)15/h1-4,11H,5-8H2/t11-,13+/m1/s1. The highest BCUT2D eigenvalue weighted by Gasteiger charge is 2.55. The number of alkyl halides is 1. The van der Waals surface area contributed by atoms with Crippen LogP contribution in [0.4, 0.5) is 4.39 Å². The molecule has 1 aromatic rings. The molecule has 0 radical (unpaired) electrons. The van der Waals surface area contributed by atoms with E-state index in [0.29, 0.717) is 19.3 Å². The van der Waals surface area contributed by atoms with E-state index < -0.39 is 11.6 Å². The lowest BCUT2D eigenvalue weighted by Gasteiger charge is -2.46. The molecular weight excluding hydrogens is 191 g/mol. The SMILES string of the molecule is O=C1CC[C@@]12c1ccccc1CC[C@H]2F. The number of hydrogen-bond donors (Lipinski definition) is 0. The van der Waals surface area contributed by atoms with Crippen LogP contribution in [0.2, 0.25) is 0 Å². The third-order valence-electron chi connectivity index (χ3n) is 3.94. The Labute approximate surface area is 88.3 Å². The van der Waals surface area contributed by atoms with Crippen molar-refractivity contribution in [3.63, 3.8) is 0 Å². The Balaban J connectivity index is 2.18. The summed E-state index contributed by atoms with van der Waals surface area (Å²) >= 11 is 0. The average Bonchev–Trinajstić information content (AvgIpc) is 2.27. The molecule has 1 nitrogen and oxygen atoms in total. The number of carbonyl (C=O) groups is 1. The van der Waals surface area contributed by atoms with E-state index in [0.717, 1.165) is 12.0 Å². The van der Waals surface area contributed by atoms with Gasteiger partial charge in [0, 0.05) is 6.42 Å². The van der Waals surface area contributed by atoms with Gasteiger partial charge >= 0.3 is 0 Å². The number of fused-ring (bicyclic) bond motifs is 2. The maximum Gasteiger partial charge on any atom is 0.146 e. The smallest absolute Gasteiger partial charge is 0.146 e. The van der Waals surface area contributed by atoms with Gasteiger partial charge in [-0.1, -0.05) is 24.3 Å². The van der Waals surface area contributed by atoms with Crippen LogP contribution in [-0.4, -0.2) is 12.0 Å². The number of benzene rings is 1. The quantitative estimate of drug-likeness (QED) is 0.634. The maximum absolute atomic E-state index is 14.0. The van der Waals surface area contributed by atoms with Crippen LogP contribution in [0.25, 0.3) is 0 Å². The largest absolute Gasteiger partial charge is 0.299 e. The summed E-state index contributed by atoms with van der Waals surface area (Å²) in [6.07, 6.45) is 1.56. The van der Waals surface area contributed by atoms with Crippen LogP contribution in [0.15, 0.2) is 24.3 Å². The second-order valence-electron chi connectivity index (χ2n) is 4.56. The number of ketones is 1. The van der Waals surface area contributed by atoms with Crippen molar-refractivity contribution in [2.24, 2.45) is 0 Å². The van der Waals surface area contributed by atoms with E-state index in [1.165, 1.54) is 5.56 Å². The fourth-order valence-electron chi connectivity index (χ4n) is 2.98. The van der Waals surface area contributed by atoms with Crippen molar-refractivity contribution in [3.05, 3.63) is 35.4 Å². The number of rotatable bonds is 0. The summed E-state index contributed by atoms with van der Waals surface area (Å²) in [4.78, 5) is 11.7. The van der Waals surface area contributed by atoms with Crippen LogP contribution in [0.5, 0.6) is 0 Å². The van der Waals surface area contributed by atoms with Gasteiger partial charge in [-0.3, -0.25) is 4.79 Å². The first-order chi connectivity index (χ1) is 7.25. The molecule has 1 aromatic carbocycles. The fraction of sp³-hybridized carbons (Fsp3) is 0.462. The van der Waals surface area contributed by atoms with Crippen molar-refractivity contribution in [3.8, 4) is 0 Å². The van der Waals surface area contributed by atoms with Gasteiger partial charge in [0.05, 0.1) is 5.41 Å². The van der Waals surface area contributed by atoms with Gasteiger partial charge in [0.2, 0.25) is 0 Å². The minimum Gasteiger partial charge on any atom is -0.299 e. The Morgan fingerprint density at radius 1 is 1.27 bits per heavy atom. The first-order valence-electron chi connectivity index (χ1n) is 5.51. The van der Waals surface area contributed by atoms with Gasteiger partial charge in [-0.05, 0) is 30.4 Å². The van der Waals surface area contributed by atoms with E-state index >= 15 is 0 Å². The van der Waals surface area contributed by atoms with Gasteiger partial charge < -0.3 is 0 Å². The van der Waals surface area contributed by atoms with E-state index in [1.54, 1.807) is 0 Å². The second kappa shape index (κ2) is 2.91. The molecule has 0 N–H and O–H groups in total. The van der Waals surface area contributed by atoms with E-state index in [4.69, 9.17) is 0 Å². The molecule has 1 spiro atoms. The van der Waals surface area contributed by atoms with Crippen LogP contribution < -0.4 is 0 Å². The highest BCUT2D eigenvalue weighted by atomic mass is 19.1. The Bertz CT molecular complexity index is 426.